The Labute approximate surface area is 194 Å². The number of carbonyl (C=O) groups is 2. The average Bonchev–Trinajstić information content (AvgIpc) is 3.29. The first-order valence-electron chi connectivity index (χ1n) is 9.27. The highest BCUT2D eigenvalue weighted by Gasteiger charge is 2.67. The van der Waals surface area contributed by atoms with Crippen molar-refractivity contribution in [2.75, 3.05) is 5.32 Å². The molecule has 0 spiro atoms. The fourth-order valence-corrected chi connectivity index (χ4v) is 4.43. The van der Waals surface area contributed by atoms with Crippen molar-refractivity contribution in [2.24, 2.45) is 5.92 Å². The number of amides is 1. The van der Waals surface area contributed by atoms with Crippen molar-refractivity contribution in [2.45, 2.75) is 35.7 Å². The summed E-state index contributed by atoms with van der Waals surface area (Å²) in [4.78, 5) is 24.8. The summed E-state index contributed by atoms with van der Waals surface area (Å²) in [5, 5.41) is 2.44. The molecule has 1 amide bonds. The summed E-state index contributed by atoms with van der Waals surface area (Å²) in [5.74, 6) is -3.19. The third kappa shape index (κ3) is 5.53. The van der Waals surface area contributed by atoms with Crippen molar-refractivity contribution in [3.05, 3.63) is 64.2 Å². The van der Waals surface area contributed by atoms with Crippen LogP contribution >= 0.6 is 34.8 Å². The molecule has 1 N–H and O–H groups in total. The van der Waals surface area contributed by atoms with E-state index in [-0.39, 0.29) is 21.8 Å². The van der Waals surface area contributed by atoms with Crippen LogP contribution in [0.2, 0.25) is 5.02 Å². The number of anilines is 1. The van der Waals surface area contributed by atoms with E-state index in [1.54, 1.807) is 0 Å². The molecule has 0 aliphatic heterocycles. The molecule has 32 heavy (non-hydrogen) atoms. The van der Waals surface area contributed by atoms with Gasteiger partial charge < -0.3 is 5.32 Å². The molecule has 0 saturated heterocycles. The third-order valence-electron chi connectivity index (χ3n) is 5.03. The Morgan fingerprint density at radius 3 is 2.41 bits per heavy atom. The number of hydrogen-bond donors (Lipinski definition) is 1. The van der Waals surface area contributed by atoms with Crippen LogP contribution in [0.25, 0.3) is 0 Å². The fraction of sp³-hybridized carbons (Fsp3) is 0.333. The molecular weight excluding hydrogens is 500 g/mol. The van der Waals surface area contributed by atoms with Gasteiger partial charge in [-0.25, -0.2) is 8.78 Å². The molecule has 2 aromatic carbocycles. The minimum atomic E-state index is -4.50. The van der Waals surface area contributed by atoms with Crippen molar-refractivity contribution < 1.29 is 31.5 Å². The zero-order chi connectivity index (χ0) is 23.8. The van der Waals surface area contributed by atoms with E-state index in [4.69, 9.17) is 34.8 Å². The first-order chi connectivity index (χ1) is 14.8. The molecule has 1 fully saturated rings. The topological polar surface area (TPSA) is 46.2 Å². The van der Waals surface area contributed by atoms with E-state index in [1.165, 1.54) is 36.4 Å². The van der Waals surface area contributed by atoms with Gasteiger partial charge in [0.15, 0.2) is 5.78 Å². The lowest BCUT2D eigenvalue weighted by atomic mass is 10.0. The van der Waals surface area contributed by atoms with Crippen LogP contribution in [0.4, 0.5) is 27.6 Å². The van der Waals surface area contributed by atoms with E-state index >= 15 is 0 Å². The second kappa shape index (κ2) is 9.15. The molecule has 3 nitrogen and oxygen atoms in total. The molecule has 1 aliphatic carbocycles. The Bertz CT molecular complexity index is 1040. The highest BCUT2D eigenvalue weighted by Crippen LogP contribution is 2.65. The SMILES string of the molecule is O=C(CCC(F)(F)F)c1cc(NC(=O)C2C(c3cccc(C(F)F)c3)C2(Cl)Cl)ccc1Cl. The molecule has 3 rings (SSSR count). The molecule has 0 aromatic heterocycles. The fourth-order valence-electron chi connectivity index (χ4n) is 3.38. The van der Waals surface area contributed by atoms with E-state index in [2.05, 4.69) is 5.32 Å². The Morgan fingerprint density at radius 1 is 1.09 bits per heavy atom. The zero-order valence-electron chi connectivity index (χ0n) is 16.0. The van der Waals surface area contributed by atoms with Crippen LogP contribution in [0.1, 0.15) is 46.7 Å². The van der Waals surface area contributed by atoms with Crippen LogP contribution in [0.15, 0.2) is 42.5 Å². The van der Waals surface area contributed by atoms with Gasteiger partial charge in [0.1, 0.15) is 4.33 Å². The van der Waals surface area contributed by atoms with Crippen molar-refractivity contribution in [3.63, 3.8) is 0 Å². The summed E-state index contributed by atoms with van der Waals surface area (Å²) < 4.78 is 61.6. The van der Waals surface area contributed by atoms with Crippen molar-refractivity contribution in [1.29, 1.82) is 0 Å². The predicted octanol–water partition coefficient (Wildman–Crippen LogP) is 7.33. The van der Waals surface area contributed by atoms with E-state index in [9.17, 15) is 31.5 Å². The van der Waals surface area contributed by atoms with E-state index in [0.29, 0.717) is 5.56 Å². The monoisotopic (exact) mass is 513 g/mol. The molecular formula is C21H15Cl3F5NO2. The Hall–Kier alpha value is -1.90. The maximum Gasteiger partial charge on any atom is 0.389 e. The maximum atomic E-state index is 13.0. The molecule has 172 valence electrons. The quantitative estimate of drug-likeness (QED) is 0.239. The van der Waals surface area contributed by atoms with E-state index in [1.807, 2.05) is 0 Å². The van der Waals surface area contributed by atoms with Crippen LogP contribution in [-0.2, 0) is 4.79 Å². The van der Waals surface area contributed by atoms with Crippen LogP contribution < -0.4 is 5.32 Å². The molecule has 11 heteroatoms. The standard InChI is InChI=1S/C21H15Cl3F5NO2/c22-14-5-4-12(9-13(14)15(31)6-7-20(27,28)29)30-19(32)17-16(21(17,23)24)10-2-1-3-11(8-10)18(25)26/h1-5,8-9,16-18H,6-7H2,(H,30,32). The molecule has 2 atom stereocenters. The second-order valence-electron chi connectivity index (χ2n) is 7.32. The van der Waals surface area contributed by atoms with Gasteiger partial charge in [-0.05, 0) is 29.8 Å². The number of Topliss-reactive ketones (excluding diaryl/α,β-unsaturated/α-hetero) is 1. The summed E-state index contributed by atoms with van der Waals surface area (Å²) in [6, 6.07) is 9.19. The Balaban J connectivity index is 1.75. The number of benzene rings is 2. The molecule has 0 bridgehead atoms. The van der Waals surface area contributed by atoms with Gasteiger partial charge in [0.2, 0.25) is 5.91 Å². The van der Waals surface area contributed by atoms with Crippen LogP contribution in [0.5, 0.6) is 0 Å². The molecule has 0 heterocycles. The van der Waals surface area contributed by atoms with Gasteiger partial charge in [0.05, 0.1) is 17.4 Å². The van der Waals surface area contributed by atoms with Crippen molar-refractivity contribution in [3.8, 4) is 0 Å². The number of hydrogen-bond acceptors (Lipinski definition) is 2. The zero-order valence-corrected chi connectivity index (χ0v) is 18.3. The molecule has 2 aromatic rings. The summed E-state index contributed by atoms with van der Waals surface area (Å²) >= 11 is 18.4. The third-order valence-corrected chi connectivity index (χ3v) is 6.30. The van der Waals surface area contributed by atoms with Crippen molar-refractivity contribution in [1.82, 2.24) is 0 Å². The highest BCUT2D eigenvalue weighted by molar-refractivity contribution is 6.53. The first kappa shape index (κ1) is 24.7. The maximum absolute atomic E-state index is 13.0. The number of nitrogens with one attached hydrogen (secondary N) is 1. The molecule has 1 aliphatic rings. The lowest BCUT2D eigenvalue weighted by molar-refractivity contribution is -0.133. The second-order valence-corrected chi connectivity index (χ2v) is 9.17. The normalized spacial score (nSPS) is 19.7. The summed E-state index contributed by atoms with van der Waals surface area (Å²) in [7, 11) is 0. The smallest absolute Gasteiger partial charge is 0.326 e. The predicted molar refractivity (Wildman–Crippen MR) is 112 cm³/mol. The molecule has 1 saturated carbocycles. The van der Waals surface area contributed by atoms with Gasteiger partial charge in [0.25, 0.3) is 6.43 Å². The van der Waals surface area contributed by atoms with Crippen LogP contribution in [-0.4, -0.2) is 22.2 Å². The Morgan fingerprint density at radius 2 is 1.78 bits per heavy atom. The van der Waals surface area contributed by atoms with Gasteiger partial charge in [-0.2, -0.15) is 13.2 Å². The van der Waals surface area contributed by atoms with Gasteiger partial charge in [-0.1, -0.05) is 29.8 Å². The molecule has 2 unspecified atom stereocenters. The largest absolute Gasteiger partial charge is 0.389 e. The summed E-state index contributed by atoms with van der Waals surface area (Å²) in [6.45, 7) is 0. The highest BCUT2D eigenvalue weighted by atomic mass is 35.5. The number of rotatable bonds is 7. The minimum absolute atomic E-state index is 0.0627. The lowest BCUT2D eigenvalue weighted by Gasteiger charge is -2.10. The van der Waals surface area contributed by atoms with Crippen LogP contribution in [0, 0.1) is 5.92 Å². The number of ketones is 1. The van der Waals surface area contributed by atoms with Crippen LogP contribution in [0.3, 0.4) is 0 Å². The number of carbonyl (C=O) groups excluding carboxylic acids is 2. The van der Waals surface area contributed by atoms with Gasteiger partial charge in [-0.3, -0.25) is 9.59 Å². The minimum Gasteiger partial charge on any atom is -0.326 e. The summed E-state index contributed by atoms with van der Waals surface area (Å²) in [6.07, 6.45) is -9.30. The molecule has 0 radical (unpaired) electrons. The summed E-state index contributed by atoms with van der Waals surface area (Å²) in [5.41, 5.74) is 0.0593. The van der Waals surface area contributed by atoms with Gasteiger partial charge >= 0.3 is 6.18 Å². The van der Waals surface area contributed by atoms with Crippen molar-refractivity contribution >= 4 is 52.2 Å². The number of halogens is 8. The first-order valence-corrected chi connectivity index (χ1v) is 10.4. The van der Waals surface area contributed by atoms with E-state index < -0.39 is 53.3 Å². The average molecular weight is 515 g/mol. The van der Waals surface area contributed by atoms with Gasteiger partial charge in [-0.15, -0.1) is 23.2 Å². The Kier molecular flexibility index (Phi) is 7.08. The lowest BCUT2D eigenvalue weighted by Crippen LogP contribution is -2.17. The van der Waals surface area contributed by atoms with Gasteiger partial charge in [0, 0.05) is 29.2 Å². The van der Waals surface area contributed by atoms with E-state index in [0.717, 1.165) is 6.07 Å². The number of alkyl halides is 7.